The first kappa shape index (κ1) is 35.2. The van der Waals surface area contributed by atoms with E-state index in [9.17, 15) is 18.0 Å². The predicted octanol–water partition coefficient (Wildman–Crippen LogP) is 7.40. The highest BCUT2D eigenvalue weighted by Crippen LogP contribution is 2.42. The molecule has 4 aromatic rings. The van der Waals surface area contributed by atoms with Gasteiger partial charge < -0.3 is 13.9 Å². The van der Waals surface area contributed by atoms with E-state index in [4.69, 9.17) is 25.5 Å². The number of nitrogens with zero attached hydrogens (tertiary/aromatic N) is 3. The Morgan fingerprint density at radius 1 is 0.826 bits per heavy atom. The van der Waals surface area contributed by atoms with Gasteiger partial charge in [-0.2, -0.15) is 13.2 Å². The van der Waals surface area contributed by atoms with Gasteiger partial charge in [0.2, 0.25) is 5.88 Å². The Hall–Kier alpha value is -3.67. The van der Waals surface area contributed by atoms with Crippen LogP contribution in [-0.4, -0.2) is 54.0 Å². The minimum Gasteiger partial charge on any atom is -0.476 e. The van der Waals surface area contributed by atoms with Crippen LogP contribution in [0.2, 0.25) is 10.2 Å². The van der Waals surface area contributed by atoms with Crippen molar-refractivity contribution in [3.8, 4) is 11.7 Å². The van der Waals surface area contributed by atoms with Crippen LogP contribution in [0.3, 0.4) is 0 Å². The second-order valence-corrected chi connectivity index (χ2v) is 18.1. The van der Waals surface area contributed by atoms with Gasteiger partial charge in [-0.15, -0.1) is 5.10 Å². The van der Waals surface area contributed by atoms with Gasteiger partial charge in [-0.05, 0) is 55.2 Å². The number of aromatic nitrogens is 3. The van der Waals surface area contributed by atoms with E-state index in [1.54, 1.807) is 20.8 Å². The molecule has 0 bridgehead atoms. The van der Waals surface area contributed by atoms with Crippen molar-refractivity contribution in [2.45, 2.75) is 65.3 Å². The Balaban J connectivity index is 1.58. The number of rotatable bonds is 10. The predicted molar refractivity (Wildman–Crippen MR) is 175 cm³/mol. The number of carbonyl (C=O) groups is 1. The smallest absolute Gasteiger partial charge is 0.399 e. The van der Waals surface area contributed by atoms with Gasteiger partial charge in [-0.1, -0.05) is 93.0 Å². The van der Waals surface area contributed by atoms with Crippen molar-refractivity contribution in [2.75, 3.05) is 13.2 Å². The number of hydrogen-bond donors (Lipinski definition) is 0. The molecule has 4 rings (SSSR count). The Bertz CT molecular complexity index is 1600. The lowest BCUT2D eigenvalue weighted by Gasteiger charge is -2.45. The summed E-state index contributed by atoms with van der Waals surface area (Å²) in [4.78, 5) is 16.6. The van der Waals surface area contributed by atoms with Crippen molar-refractivity contribution in [3.63, 3.8) is 0 Å². The molecule has 0 amide bonds. The molecule has 0 aliphatic rings. The minimum absolute atomic E-state index is 0.0462. The fraction of sp³-hybridized carbons (Fsp3) is 0.382. The zero-order chi connectivity index (χ0) is 34.0. The van der Waals surface area contributed by atoms with Crippen LogP contribution in [0.4, 0.5) is 13.2 Å². The molecule has 2 aromatic carbocycles. The summed E-state index contributed by atoms with van der Waals surface area (Å²) in [7, 11) is -3.25. The van der Waals surface area contributed by atoms with E-state index in [2.05, 4.69) is 10.1 Å². The molecule has 0 fully saturated rings. The Morgan fingerprint density at radius 3 is 1.87 bits per heavy atom. The van der Waals surface area contributed by atoms with E-state index in [0.717, 1.165) is 17.3 Å². The van der Waals surface area contributed by atoms with Gasteiger partial charge in [0.05, 0.1) is 12.2 Å². The highest BCUT2D eigenvalue weighted by molar-refractivity contribution is 6.99. The molecule has 0 N–H and O–H groups in total. The topological polar surface area (TPSA) is 75.5 Å². The fourth-order valence-electron chi connectivity index (χ4n) is 5.02. The second-order valence-electron chi connectivity index (χ2n) is 13.4. The number of carbonyl (C=O) groups excluding carboxylic acids is 1. The van der Waals surface area contributed by atoms with Crippen LogP contribution in [0.25, 0.3) is 5.82 Å². The van der Waals surface area contributed by atoms with Crippen LogP contribution >= 0.6 is 11.6 Å². The van der Waals surface area contributed by atoms with Crippen molar-refractivity contribution < 1.29 is 31.9 Å². The molecule has 1 atom stereocenters. The van der Waals surface area contributed by atoms with E-state index >= 15 is 0 Å². The third-order valence-corrected chi connectivity index (χ3v) is 12.8. The molecule has 246 valence electrons. The van der Waals surface area contributed by atoms with Crippen molar-refractivity contribution in [1.82, 2.24) is 14.8 Å². The molecule has 0 spiro atoms. The van der Waals surface area contributed by atoms with E-state index < -0.39 is 49.7 Å². The van der Waals surface area contributed by atoms with Crippen molar-refractivity contribution in [2.24, 2.45) is 5.41 Å². The van der Waals surface area contributed by atoms with Gasteiger partial charge in [-0.3, -0.25) is 0 Å². The summed E-state index contributed by atoms with van der Waals surface area (Å²) >= 11 is 6.25. The fourth-order valence-corrected chi connectivity index (χ4v) is 9.93. The molecule has 0 radical (unpaired) electrons. The van der Waals surface area contributed by atoms with E-state index in [0.29, 0.717) is 0 Å². The van der Waals surface area contributed by atoms with Crippen molar-refractivity contribution in [3.05, 3.63) is 95.8 Å². The minimum atomic E-state index is -4.66. The molecule has 0 saturated carbocycles. The Labute approximate surface area is 273 Å². The zero-order valence-electron chi connectivity index (χ0n) is 27.0. The first-order chi connectivity index (χ1) is 21.4. The number of hydrogen-bond acceptors (Lipinski definition) is 6. The third-order valence-electron chi connectivity index (χ3n) is 7.50. The van der Waals surface area contributed by atoms with E-state index in [1.165, 1.54) is 29.1 Å². The first-order valence-corrected chi connectivity index (χ1v) is 17.1. The number of pyridine rings is 1. The molecule has 12 heteroatoms. The van der Waals surface area contributed by atoms with Crippen molar-refractivity contribution >= 4 is 36.3 Å². The normalized spacial score (nSPS) is 14.1. The summed E-state index contributed by atoms with van der Waals surface area (Å²) in [6, 6.07) is 23.4. The lowest BCUT2D eigenvalue weighted by Crippen LogP contribution is -2.67. The zero-order valence-corrected chi connectivity index (χ0v) is 28.7. The number of halogens is 4. The molecular formula is C34H39ClF3N3O4Si. The average molecular weight is 674 g/mol. The van der Waals surface area contributed by atoms with Crippen molar-refractivity contribution in [1.29, 1.82) is 0 Å². The van der Waals surface area contributed by atoms with E-state index in [1.807, 2.05) is 81.4 Å². The summed E-state index contributed by atoms with van der Waals surface area (Å²) in [5.41, 5.74) is -3.02. The van der Waals surface area contributed by atoms with Gasteiger partial charge >= 0.3 is 12.1 Å². The molecule has 46 heavy (non-hydrogen) atoms. The van der Waals surface area contributed by atoms with E-state index in [-0.39, 0.29) is 22.4 Å². The van der Waals surface area contributed by atoms with Gasteiger partial charge in [0, 0.05) is 12.3 Å². The molecule has 7 nitrogen and oxygen atoms in total. The van der Waals surface area contributed by atoms with Gasteiger partial charge in [-0.25, -0.2) is 14.5 Å². The highest BCUT2D eigenvalue weighted by Gasteiger charge is 2.56. The molecule has 2 aromatic heterocycles. The lowest BCUT2D eigenvalue weighted by atomic mass is 9.92. The van der Waals surface area contributed by atoms with Crippen LogP contribution in [0, 0.1) is 5.41 Å². The Morgan fingerprint density at radius 2 is 1.39 bits per heavy atom. The monoisotopic (exact) mass is 673 g/mol. The standard InChI is InChI=1S/C34H39ClF3N3O4Si/c1-31(2,3)45-30(42)26-18-19-27(39-29(26)35)41-21-20-28(40-41)43-22-33(7,34(36,37)38)23-44-46(32(4,5)6,24-14-10-8-11-15-24)25-16-12-9-13-17-25/h8-21H,22-23H2,1-7H3. The maximum atomic E-state index is 14.8. The first-order valence-electron chi connectivity index (χ1n) is 14.8. The summed E-state index contributed by atoms with van der Waals surface area (Å²) in [6.45, 7) is 10.9. The molecule has 0 aliphatic heterocycles. The summed E-state index contributed by atoms with van der Waals surface area (Å²) in [6.07, 6.45) is -3.18. The molecule has 2 heterocycles. The van der Waals surface area contributed by atoms with Crippen LogP contribution in [0.5, 0.6) is 5.88 Å². The third kappa shape index (κ3) is 7.64. The lowest BCUT2D eigenvalue weighted by molar-refractivity contribution is -0.235. The number of ether oxygens (including phenoxy) is 2. The highest BCUT2D eigenvalue weighted by atomic mass is 35.5. The summed E-state index contributed by atoms with van der Waals surface area (Å²) in [5, 5.41) is 5.39. The number of alkyl halides is 3. The van der Waals surface area contributed by atoms with Crippen LogP contribution in [0.15, 0.2) is 85.1 Å². The summed E-state index contributed by atoms with van der Waals surface area (Å²) < 4.78 is 63.3. The maximum absolute atomic E-state index is 14.8. The van der Waals surface area contributed by atoms with Gasteiger partial charge in [0.25, 0.3) is 8.32 Å². The maximum Gasteiger partial charge on any atom is 0.399 e. The van der Waals surface area contributed by atoms with Gasteiger partial charge in [0.1, 0.15) is 22.8 Å². The molecule has 0 saturated heterocycles. The molecule has 1 unspecified atom stereocenters. The summed E-state index contributed by atoms with van der Waals surface area (Å²) in [5.74, 6) is -0.441. The van der Waals surface area contributed by atoms with Crippen LogP contribution in [-0.2, 0) is 9.16 Å². The van der Waals surface area contributed by atoms with Gasteiger partial charge in [0.15, 0.2) is 5.82 Å². The molecular weight excluding hydrogens is 635 g/mol. The number of benzene rings is 2. The van der Waals surface area contributed by atoms with Crippen LogP contribution < -0.4 is 15.1 Å². The average Bonchev–Trinajstić information content (AvgIpc) is 3.44. The second kappa shape index (κ2) is 13.2. The van der Waals surface area contributed by atoms with Crippen LogP contribution in [0.1, 0.15) is 58.8 Å². The Kier molecular flexibility index (Phi) is 10.1. The number of esters is 1. The molecule has 0 aliphatic carbocycles. The quantitative estimate of drug-likeness (QED) is 0.0993. The SMILES string of the molecule is CC(C)(C)OC(=O)c1ccc(-n2ccc(OCC(C)(CO[Si](c3ccccc3)(c3ccccc3)C(C)(C)C)C(F)(F)F)n2)nc1Cl. The largest absolute Gasteiger partial charge is 0.476 e.